The van der Waals surface area contributed by atoms with Crippen molar-refractivity contribution in [3.63, 3.8) is 0 Å². The van der Waals surface area contributed by atoms with Crippen LogP contribution < -0.4 is 0 Å². The van der Waals surface area contributed by atoms with Gasteiger partial charge in [-0.05, 0) is 24.3 Å². The van der Waals surface area contributed by atoms with E-state index in [4.69, 9.17) is 28.0 Å². The number of imide groups is 1. The monoisotopic (exact) mass is 374 g/mol. The number of hydrogen-bond acceptors (Lipinski definition) is 4. The number of hydrogen-bond donors (Lipinski definition) is 0. The molecule has 2 aliphatic heterocycles. The first-order chi connectivity index (χ1) is 12.0. The highest BCUT2D eigenvalue weighted by Gasteiger charge is 2.47. The van der Waals surface area contributed by atoms with Crippen molar-refractivity contribution in [2.24, 2.45) is 11.1 Å². The van der Waals surface area contributed by atoms with Crippen molar-refractivity contribution in [1.82, 2.24) is 4.90 Å². The van der Waals surface area contributed by atoms with E-state index in [9.17, 15) is 9.59 Å². The van der Waals surface area contributed by atoms with Crippen LogP contribution in [-0.4, -0.2) is 28.7 Å². The molecule has 0 saturated carbocycles. The van der Waals surface area contributed by atoms with Crippen molar-refractivity contribution >= 4 is 40.7 Å². The molecule has 2 amide bonds. The van der Waals surface area contributed by atoms with Gasteiger partial charge in [0.05, 0.1) is 32.8 Å². The molecule has 0 unspecified atom stereocenters. The van der Waals surface area contributed by atoms with E-state index in [1.807, 2.05) is 6.92 Å². The molecular weight excluding hydrogens is 363 g/mol. The van der Waals surface area contributed by atoms with E-state index >= 15 is 0 Å². The first-order valence-electron chi connectivity index (χ1n) is 7.65. The second-order valence-electron chi connectivity index (χ2n) is 5.88. The van der Waals surface area contributed by atoms with Gasteiger partial charge >= 0.3 is 0 Å². The van der Waals surface area contributed by atoms with Crippen LogP contribution >= 0.6 is 23.2 Å². The quantitative estimate of drug-likeness (QED) is 0.746. The van der Waals surface area contributed by atoms with Crippen LogP contribution in [0, 0.1) is 5.92 Å². The number of oxime groups is 1. The molecule has 0 aromatic heterocycles. The lowest BCUT2D eigenvalue weighted by Crippen LogP contribution is -2.44. The molecule has 0 bridgehead atoms. The van der Waals surface area contributed by atoms with E-state index in [1.165, 1.54) is 0 Å². The number of fused-ring (bicyclic) bond motifs is 1. The lowest BCUT2D eigenvalue weighted by atomic mass is 9.96. The molecule has 7 heteroatoms. The summed E-state index contributed by atoms with van der Waals surface area (Å²) >= 11 is 12.5. The minimum atomic E-state index is -0.838. The Kier molecular flexibility index (Phi) is 3.78. The van der Waals surface area contributed by atoms with Gasteiger partial charge in [0.1, 0.15) is 0 Å². The van der Waals surface area contributed by atoms with Gasteiger partial charge in [-0.25, -0.2) is 4.90 Å². The largest absolute Gasteiger partial charge is 0.369 e. The highest BCUT2D eigenvalue weighted by molar-refractivity contribution is 6.40. The van der Waals surface area contributed by atoms with Gasteiger partial charge in [-0.3, -0.25) is 9.59 Å². The van der Waals surface area contributed by atoms with E-state index in [2.05, 4.69) is 5.16 Å². The number of rotatable bonds is 2. The molecule has 4 rings (SSSR count). The molecule has 2 aromatic rings. The Bertz CT molecular complexity index is 886. The topological polar surface area (TPSA) is 59.0 Å². The lowest BCUT2D eigenvalue weighted by Gasteiger charge is -2.23. The van der Waals surface area contributed by atoms with Gasteiger partial charge in [-0.15, -0.1) is 0 Å². The lowest BCUT2D eigenvalue weighted by molar-refractivity contribution is -0.0287. The Morgan fingerprint density at radius 3 is 2.08 bits per heavy atom. The Morgan fingerprint density at radius 1 is 0.960 bits per heavy atom. The van der Waals surface area contributed by atoms with Crippen molar-refractivity contribution in [2.75, 3.05) is 0 Å². The summed E-state index contributed by atoms with van der Waals surface area (Å²) in [5, 5.41) is 4.94. The molecule has 2 atom stereocenters. The third kappa shape index (κ3) is 2.34. The average Bonchev–Trinajstić information content (AvgIpc) is 3.07. The van der Waals surface area contributed by atoms with Crippen LogP contribution in [0.25, 0.3) is 0 Å². The van der Waals surface area contributed by atoms with Gasteiger partial charge in [0.15, 0.2) is 0 Å². The zero-order chi connectivity index (χ0) is 17.7. The van der Waals surface area contributed by atoms with E-state index in [1.54, 1.807) is 42.5 Å². The van der Waals surface area contributed by atoms with Crippen LogP contribution in [0.3, 0.4) is 0 Å². The van der Waals surface area contributed by atoms with E-state index in [0.29, 0.717) is 32.4 Å². The maximum atomic E-state index is 12.6. The molecule has 0 fully saturated rings. The molecule has 0 N–H and O–H groups in total. The summed E-state index contributed by atoms with van der Waals surface area (Å²) in [4.78, 5) is 31.8. The second-order valence-corrected chi connectivity index (χ2v) is 6.70. The Labute approximate surface area is 153 Å². The number of carbonyl (C=O) groups is 2. The normalized spacial score (nSPS) is 22.0. The number of amides is 2. The zero-order valence-electron chi connectivity index (χ0n) is 13.1. The molecule has 2 heterocycles. The van der Waals surface area contributed by atoms with Crippen molar-refractivity contribution < 1.29 is 14.4 Å². The molecule has 2 aromatic carbocycles. The Hall–Kier alpha value is -2.37. The third-order valence-electron chi connectivity index (χ3n) is 4.42. The van der Waals surface area contributed by atoms with Crippen molar-refractivity contribution in [2.45, 2.75) is 13.2 Å². The number of carbonyl (C=O) groups excluding carboxylic acids is 2. The van der Waals surface area contributed by atoms with E-state index in [-0.39, 0.29) is 17.7 Å². The molecular formula is C18H12Cl2N2O3. The minimum absolute atomic E-state index is 0.368. The fourth-order valence-electron chi connectivity index (χ4n) is 3.15. The van der Waals surface area contributed by atoms with Gasteiger partial charge in [0.25, 0.3) is 11.8 Å². The molecule has 2 aliphatic rings. The fraction of sp³-hybridized carbons (Fsp3) is 0.167. The number of benzene rings is 2. The maximum Gasteiger partial charge on any atom is 0.264 e. The summed E-state index contributed by atoms with van der Waals surface area (Å²) in [5.74, 6) is -1.15. The maximum absolute atomic E-state index is 12.6. The zero-order valence-corrected chi connectivity index (χ0v) is 14.6. The van der Waals surface area contributed by atoms with E-state index in [0.717, 1.165) is 4.90 Å². The molecule has 0 radical (unpaired) electrons. The van der Waals surface area contributed by atoms with Gasteiger partial charge in [-0.2, -0.15) is 0 Å². The van der Waals surface area contributed by atoms with Crippen molar-refractivity contribution in [3.05, 3.63) is 69.2 Å². The first kappa shape index (κ1) is 16.1. The fourth-order valence-corrected chi connectivity index (χ4v) is 3.74. The molecule has 126 valence electrons. The van der Waals surface area contributed by atoms with Crippen LogP contribution in [-0.2, 0) is 4.84 Å². The average molecular weight is 375 g/mol. The van der Waals surface area contributed by atoms with E-state index < -0.39 is 6.23 Å². The molecule has 25 heavy (non-hydrogen) atoms. The van der Waals surface area contributed by atoms with Crippen molar-refractivity contribution in [3.8, 4) is 0 Å². The SMILES string of the molecule is C[C@H]1C(c2c(Cl)cccc2Cl)=NO[C@H]1N1C(=O)c2ccccc2C1=O. The Morgan fingerprint density at radius 2 is 1.52 bits per heavy atom. The van der Waals surface area contributed by atoms with Crippen LogP contribution in [0.4, 0.5) is 0 Å². The standard InChI is InChI=1S/C18H12Cl2N2O3/c1-9-15(14-12(19)7-4-8-13(14)20)21-25-18(9)22-16(23)10-5-2-3-6-11(10)17(22)24/h2-9,18H,1H3/t9-,18+/m0/s1. The van der Waals surface area contributed by atoms with Gasteiger partial charge in [0.2, 0.25) is 6.23 Å². The van der Waals surface area contributed by atoms with Crippen LogP contribution in [0.2, 0.25) is 10.0 Å². The summed E-state index contributed by atoms with van der Waals surface area (Å²) in [5.41, 5.74) is 1.80. The molecule has 5 nitrogen and oxygen atoms in total. The first-order valence-corrected chi connectivity index (χ1v) is 8.41. The molecule has 0 saturated heterocycles. The van der Waals surface area contributed by atoms with Gasteiger partial charge < -0.3 is 4.84 Å². The predicted molar refractivity (Wildman–Crippen MR) is 94.0 cm³/mol. The number of nitrogens with zero attached hydrogens (tertiary/aromatic N) is 2. The van der Waals surface area contributed by atoms with Gasteiger partial charge in [0, 0.05) is 5.56 Å². The summed E-state index contributed by atoms with van der Waals surface area (Å²) < 4.78 is 0. The smallest absolute Gasteiger partial charge is 0.264 e. The third-order valence-corrected chi connectivity index (χ3v) is 5.05. The predicted octanol–water partition coefficient (Wildman–Crippen LogP) is 3.99. The minimum Gasteiger partial charge on any atom is -0.369 e. The Balaban J connectivity index is 1.68. The summed E-state index contributed by atoms with van der Waals surface area (Å²) in [7, 11) is 0. The molecule has 0 spiro atoms. The second kappa shape index (κ2) is 5.86. The van der Waals surface area contributed by atoms with Crippen LogP contribution in [0.1, 0.15) is 33.2 Å². The van der Waals surface area contributed by atoms with Gasteiger partial charge in [-0.1, -0.05) is 53.5 Å². The van der Waals surface area contributed by atoms with Crippen LogP contribution in [0.15, 0.2) is 47.6 Å². The molecule has 0 aliphatic carbocycles. The van der Waals surface area contributed by atoms with Crippen molar-refractivity contribution in [1.29, 1.82) is 0 Å². The summed E-state index contributed by atoms with van der Waals surface area (Å²) in [6.07, 6.45) is -0.838. The number of halogens is 2. The summed E-state index contributed by atoms with van der Waals surface area (Å²) in [6, 6.07) is 11.8. The summed E-state index contributed by atoms with van der Waals surface area (Å²) in [6.45, 7) is 1.82. The highest BCUT2D eigenvalue weighted by Crippen LogP contribution is 2.35. The highest BCUT2D eigenvalue weighted by atomic mass is 35.5. The van der Waals surface area contributed by atoms with Crippen LogP contribution in [0.5, 0.6) is 0 Å².